The zero-order valence-corrected chi connectivity index (χ0v) is 25.4. The van der Waals surface area contributed by atoms with Crippen LogP contribution in [0.3, 0.4) is 0 Å². The fourth-order valence-electron chi connectivity index (χ4n) is 7.18. The molecule has 5 aliphatic rings. The molecule has 0 aromatic carbocycles. The van der Waals surface area contributed by atoms with E-state index in [2.05, 4.69) is 31.1 Å². The number of hydrogen-bond donors (Lipinski definition) is 5. The molecule has 11 nitrogen and oxygen atoms in total. The van der Waals surface area contributed by atoms with E-state index in [1.165, 1.54) is 25.7 Å². The normalized spacial score (nSPS) is 35.7. The molecule has 0 aromatic heterocycles. The van der Waals surface area contributed by atoms with Crippen molar-refractivity contribution in [1.82, 2.24) is 31.1 Å². The molecule has 41 heavy (non-hydrogen) atoms. The Labute approximate surface area is 246 Å². The van der Waals surface area contributed by atoms with Crippen LogP contribution in [-0.2, 0) is 19.0 Å². The van der Waals surface area contributed by atoms with Crippen molar-refractivity contribution < 1.29 is 24.1 Å². The molecule has 11 heteroatoms. The first-order valence-corrected chi connectivity index (χ1v) is 16.3. The summed E-state index contributed by atoms with van der Waals surface area (Å²) in [7, 11) is 4.07. The van der Waals surface area contributed by atoms with Crippen molar-refractivity contribution >= 4 is 5.91 Å². The van der Waals surface area contributed by atoms with Crippen LogP contribution >= 0.6 is 0 Å². The minimum absolute atomic E-state index is 0.0305. The highest BCUT2D eigenvalue weighted by Gasteiger charge is 2.37. The third-order valence-corrected chi connectivity index (χ3v) is 9.87. The lowest BCUT2D eigenvalue weighted by Gasteiger charge is -2.44. The maximum atomic E-state index is 13.2. The molecule has 5 fully saturated rings. The van der Waals surface area contributed by atoms with E-state index in [9.17, 15) is 9.90 Å². The maximum Gasteiger partial charge on any atom is 0.223 e. The quantitative estimate of drug-likeness (QED) is 0.196. The number of likely N-dealkylation sites (N-methyl/N-ethyl adjacent to an activating group) is 1. The van der Waals surface area contributed by atoms with Gasteiger partial charge in [-0.3, -0.25) is 20.7 Å². The number of nitrogens with one attached hydrogen (secondary N) is 4. The number of aliphatic hydroxyl groups is 1. The number of nitrogens with zero attached hydrogens (tertiary/aromatic N) is 2. The van der Waals surface area contributed by atoms with Crippen LogP contribution in [0.4, 0.5) is 0 Å². The molecular formula is C30H56N6O5. The zero-order valence-electron chi connectivity index (χ0n) is 25.4. The number of likely N-dealkylation sites (tertiary alicyclic amines) is 1. The molecular weight excluding hydrogens is 524 g/mol. The molecule has 236 valence electrons. The summed E-state index contributed by atoms with van der Waals surface area (Å²) in [4.78, 5) is 17.7. The van der Waals surface area contributed by atoms with Gasteiger partial charge in [0.15, 0.2) is 0 Å². The summed E-state index contributed by atoms with van der Waals surface area (Å²) in [5, 5.41) is 24.4. The van der Waals surface area contributed by atoms with Gasteiger partial charge in [-0.1, -0.05) is 6.42 Å². The summed E-state index contributed by atoms with van der Waals surface area (Å²) in [6.07, 6.45) is 9.60. The number of carbonyl (C=O) groups excluding carboxylic acids is 1. The Morgan fingerprint density at radius 2 is 2.00 bits per heavy atom. The number of amides is 1. The van der Waals surface area contributed by atoms with Gasteiger partial charge in [0.25, 0.3) is 0 Å². The molecule has 2 saturated carbocycles. The van der Waals surface area contributed by atoms with E-state index in [-0.39, 0.29) is 30.3 Å². The minimum Gasteiger partial charge on any atom is -0.390 e. The van der Waals surface area contributed by atoms with E-state index in [0.717, 1.165) is 51.9 Å². The van der Waals surface area contributed by atoms with E-state index in [1.54, 1.807) is 0 Å². The number of carbonyl (C=O) groups is 1. The first kappa shape index (κ1) is 31.5. The number of hydrogen-bond acceptors (Lipinski definition) is 10. The van der Waals surface area contributed by atoms with Gasteiger partial charge in [0.05, 0.1) is 44.4 Å². The van der Waals surface area contributed by atoms with Crippen LogP contribution in [0.15, 0.2) is 0 Å². The first-order chi connectivity index (χ1) is 19.9. The van der Waals surface area contributed by atoms with E-state index in [1.807, 2.05) is 14.1 Å². The fourth-order valence-corrected chi connectivity index (χ4v) is 7.18. The molecule has 2 aliphatic carbocycles. The van der Waals surface area contributed by atoms with Crippen molar-refractivity contribution in [3.63, 3.8) is 0 Å². The number of rotatable bonds is 14. The largest absolute Gasteiger partial charge is 0.390 e. The molecule has 5 N–H and O–H groups in total. The molecule has 0 radical (unpaired) electrons. The van der Waals surface area contributed by atoms with Gasteiger partial charge in [-0.25, -0.2) is 0 Å². The Hall–Kier alpha value is -0.890. The van der Waals surface area contributed by atoms with Crippen molar-refractivity contribution in [3.05, 3.63) is 0 Å². The van der Waals surface area contributed by atoms with Crippen molar-refractivity contribution in [2.45, 2.75) is 94.5 Å². The summed E-state index contributed by atoms with van der Waals surface area (Å²) >= 11 is 0. The predicted octanol–water partition coefficient (Wildman–Crippen LogP) is 0.289. The lowest BCUT2D eigenvalue weighted by Crippen LogP contribution is -2.59. The standard InChI is InChI=1S/C30H56N6O5/c1-35(2)10-11-39-29-14-23(13-28(34-29)33-24-4-3-5-24)30(38)32-15-25(37)18-36-9-8-21-12-26(7-6-22(21)17-36)40-19-27-16-31-20-41-27/h21-29,31,33-34,37H,3-20H2,1-2H3,(H,32,38)/t21?,22?,23?,25-,26?,27?,28?,29?/m0/s1. The van der Waals surface area contributed by atoms with Gasteiger partial charge in [-0.05, 0) is 83.8 Å². The Balaban J connectivity index is 1.01. The van der Waals surface area contributed by atoms with Gasteiger partial charge in [0.2, 0.25) is 5.91 Å². The van der Waals surface area contributed by atoms with Crippen LogP contribution in [0.2, 0.25) is 0 Å². The van der Waals surface area contributed by atoms with Gasteiger partial charge in [0.1, 0.15) is 6.23 Å². The highest BCUT2D eigenvalue weighted by atomic mass is 16.5. The predicted molar refractivity (Wildman–Crippen MR) is 157 cm³/mol. The molecule has 5 rings (SSSR count). The lowest BCUT2D eigenvalue weighted by molar-refractivity contribution is -0.130. The van der Waals surface area contributed by atoms with Crippen LogP contribution in [0.25, 0.3) is 0 Å². The van der Waals surface area contributed by atoms with Gasteiger partial charge >= 0.3 is 0 Å². The van der Waals surface area contributed by atoms with Gasteiger partial charge < -0.3 is 34.4 Å². The SMILES string of the molecule is CN(C)CCOC1CC(C(=O)NC[C@H](O)CN2CCC3CC(OCC4CNCO4)CCC3C2)CC(NC2CCC2)N1. The average molecular weight is 581 g/mol. The second kappa shape index (κ2) is 15.7. The van der Waals surface area contributed by atoms with Crippen molar-refractivity contribution in [1.29, 1.82) is 0 Å². The number of β-amino-alcohol motifs (C(OH)–C–C–N with tert-alkyl or cyclic N) is 1. The topological polar surface area (TPSA) is 120 Å². The molecule has 0 spiro atoms. The number of fused-ring (bicyclic) bond motifs is 1. The zero-order chi connectivity index (χ0) is 28.6. The Morgan fingerprint density at radius 3 is 2.76 bits per heavy atom. The van der Waals surface area contributed by atoms with Gasteiger partial charge in [0, 0.05) is 44.7 Å². The van der Waals surface area contributed by atoms with Crippen LogP contribution in [0.1, 0.15) is 57.8 Å². The van der Waals surface area contributed by atoms with Gasteiger partial charge in [-0.15, -0.1) is 0 Å². The summed E-state index contributed by atoms with van der Waals surface area (Å²) in [5.41, 5.74) is 0. The molecule has 0 bridgehead atoms. The minimum atomic E-state index is -0.562. The van der Waals surface area contributed by atoms with E-state index in [4.69, 9.17) is 14.2 Å². The molecule has 3 saturated heterocycles. The molecule has 1 amide bonds. The van der Waals surface area contributed by atoms with Crippen molar-refractivity contribution in [2.75, 3.05) is 73.3 Å². The Morgan fingerprint density at radius 1 is 1.12 bits per heavy atom. The number of ether oxygens (including phenoxy) is 3. The van der Waals surface area contributed by atoms with Crippen LogP contribution in [0, 0.1) is 17.8 Å². The third-order valence-electron chi connectivity index (χ3n) is 9.87. The monoisotopic (exact) mass is 580 g/mol. The second-order valence-corrected chi connectivity index (χ2v) is 13.5. The third kappa shape index (κ3) is 9.81. The molecule has 8 atom stereocenters. The van der Waals surface area contributed by atoms with Crippen LogP contribution < -0.4 is 21.3 Å². The highest BCUT2D eigenvalue weighted by Crippen LogP contribution is 2.37. The van der Waals surface area contributed by atoms with Gasteiger partial charge in [-0.2, -0.15) is 0 Å². The van der Waals surface area contributed by atoms with Crippen LogP contribution in [0.5, 0.6) is 0 Å². The lowest BCUT2D eigenvalue weighted by atomic mass is 9.74. The molecule has 3 heterocycles. The second-order valence-electron chi connectivity index (χ2n) is 13.5. The molecule has 0 aromatic rings. The average Bonchev–Trinajstić information content (AvgIpc) is 3.46. The van der Waals surface area contributed by atoms with Crippen molar-refractivity contribution in [2.24, 2.45) is 17.8 Å². The number of piperidine rings is 2. The summed E-state index contributed by atoms with van der Waals surface area (Å²) in [5.74, 6) is 1.28. The van der Waals surface area contributed by atoms with Crippen LogP contribution in [-0.4, -0.2) is 131 Å². The molecule has 3 aliphatic heterocycles. The summed E-state index contributed by atoms with van der Waals surface area (Å²) in [6, 6.07) is 0.536. The smallest absolute Gasteiger partial charge is 0.223 e. The first-order valence-electron chi connectivity index (χ1n) is 16.3. The fraction of sp³-hybridized carbons (Fsp3) is 0.967. The Bertz CT molecular complexity index is 797. The summed E-state index contributed by atoms with van der Waals surface area (Å²) < 4.78 is 17.9. The van der Waals surface area contributed by atoms with E-state index >= 15 is 0 Å². The Kier molecular flexibility index (Phi) is 12.1. The molecule has 7 unspecified atom stereocenters. The maximum absolute atomic E-state index is 13.2. The highest BCUT2D eigenvalue weighted by molar-refractivity contribution is 5.78. The van der Waals surface area contributed by atoms with E-state index < -0.39 is 6.10 Å². The number of aliphatic hydroxyl groups excluding tert-OH is 1. The van der Waals surface area contributed by atoms with Crippen molar-refractivity contribution in [3.8, 4) is 0 Å². The van der Waals surface area contributed by atoms with E-state index in [0.29, 0.717) is 63.4 Å². The summed E-state index contributed by atoms with van der Waals surface area (Å²) in [6.45, 7) is 6.65.